The Hall–Kier alpha value is -0.950. The molecule has 5 heteroatoms. The van der Waals surface area contributed by atoms with Crippen LogP contribution in [0.15, 0.2) is 42.5 Å². The Morgan fingerprint density at radius 1 is 1.24 bits per heavy atom. The van der Waals surface area contributed by atoms with Gasteiger partial charge in [-0.25, -0.2) is 4.39 Å². The molecular formula is C16H14BrFINO. The van der Waals surface area contributed by atoms with Crippen molar-refractivity contribution >= 4 is 50.1 Å². The molecule has 0 aliphatic carbocycles. The van der Waals surface area contributed by atoms with E-state index in [0.717, 1.165) is 23.9 Å². The monoisotopic (exact) mass is 461 g/mol. The highest BCUT2D eigenvalue weighted by Gasteiger charge is 2.11. The highest BCUT2D eigenvalue weighted by Crippen LogP contribution is 2.17. The molecule has 0 saturated carbocycles. The summed E-state index contributed by atoms with van der Waals surface area (Å²) in [6.07, 6.45) is 2.01. The average Bonchev–Trinajstić information content (AvgIpc) is 2.45. The number of alkyl halides is 1. The number of halogens is 3. The SMILES string of the molecule is O=C(Nc1cccc(CCCBr)c1)c1ccc(F)cc1I. The third-order valence-electron chi connectivity index (χ3n) is 2.96. The molecule has 0 fully saturated rings. The molecule has 0 aromatic heterocycles. The molecule has 110 valence electrons. The van der Waals surface area contributed by atoms with Gasteiger partial charge in [-0.2, -0.15) is 0 Å². The van der Waals surface area contributed by atoms with Crippen LogP contribution in [0.5, 0.6) is 0 Å². The maximum absolute atomic E-state index is 13.1. The number of amides is 1. The summed E-state index contributed by atoms with van der Waals surface area (Å²) in [4.78, 5) is 12.2. The molecule has 21 heavy (non-hydrogen) atoms. The van der Waals surface area contributed by atoms with Gasteiger partial charge in [0.25, 0.3) is 5.91 Å². The fourth-order valence-electron chi connectivity index (χ4n) is 1.95. The van der Waals surface area contributed by atoms with E-state index < -0.39 is 0 Å². The van der Waals surface area contributed by atoms with Crippen molar-refractivity contribution < 1.29 is 9.18 Å². The third kappa shape index (κ3) is 4.78. The van der Waals surface area contributed by atoms with E-state index in [1.165, 1.54) is 23.8 Å². The number of rotatable bonds is 5. The molecule has 2 rings (SSSR count). The molecule has 2 nitrogen and oxygen atoms in total. The van der Waals surface area contributed by atoms with Gasteiger partial charge in [0.2, 0.25) is 0 Å². The first-order valence-electron chi connectivity index (χ1n) is 6.51. The second-order valence-electron chi connectivity index (χ2n) is 4.57. The molecule has 0 aliphatic rings. The Labute approximate surface area is 145 Å². The van der Waals surface area contributed by atoms with E-state index >= 15 is 0 Å². The van der Waals surface area contributed by atoms with Gasteiger partial charge < -0.3 is 5.32 Å². The number of carbonyl (C=O) groups is 1. The summed E-state index contributed by atoms with van der Waals surface area (Å²) in [7, 11) is 0. The van der Waals surface area contributed by atoms with Gasteiger partial charge in [0.05, 0.1) is 5.56 Å². The van der Waals surface area contributed by atoms with Crippen LogP contribution in [0.3, 0.4) is 0 Å². The lowest BCUT2D eigenvalue weighted by Crippen LogP contribution is -2.13. The molecule has 1 N–H and O–H groups in total. The molecule has 0 unspecified atom stereocenters. The number of hydrogen-bond acceptors (Lipinski definition) is 1. The predicted molar refractivity (Wildman–Crippen MR) is 95.6 cm³/mol. The molecule has 0 heterocycles. The van der Waals surface area contributed by atoms with Crippen molar-refractivity contribution in [1.82, 2.24) is 0 Å². The second kappa shape index (κ2) is 7.89. The number of carbonyl (C=O) groups excluding carboxylic acids is 1. The molecule has 0 radical (unpaired) electrons. The number of hydrogen-bond donors (Lipinski definition) is 1. The normalized spacial score (nSPS) is 10.4. The standard InChI is InChI=1S/C16H14BrFINO/c17-8-2-4-11-3-1-5-13(9-11)20-16(21)14-7-6-12(18)10-15(14)19/h1,3,5-7,9-10H,2,4,8H2,(H,20,21). The second-order valence-corrected chi connectivity index (χ2v) is 6.53. The lowest BCUT2D eigenvalue weighted by Gasteiger charge is -2.08. The summed E-state index contributed by atoms with van der Waals surface area (Å²) in [5.74, 6) is -0.565. The third-order valence-corrected chi connectivity index (χ3v) is 4.41. The van der Waals surface area contributed by atoms with Gasteiger partial charge in [0.1, 0.15) is 5.82 Å². The Bertz CT molecular complexity index is 648. The zero-order valence-corrected chi connectivity index (χ0v) is 14.9. The van der Waals surface area contributed by atoms with Crippen molar-refractivity contribution in [3.63, 3.8) is 0 Å². The van der Waals surface area contributed by atoms with E-state index in [2.05, 4.69) is 21.2 Å². The Morgan fingerprint density at radius 3 is 2.76 bits per heavy atom. The number of anilines is 1. The van der Waals surface area contributed by atoms with E-state index in [0.29, 0.717) is 9.13 Å². The summed E-state index contributed by atoms with van der Waals surface area (Å²) in [6, 6.07) is 11.9. The summed E-state index contributed by atoms with van der Waals surface area (Å²) >= 11 is 5.37. The van der Waals surface area contributed by atoms with E-state index in [-0.39, 0.29) is 11.7 Å². The van der Waals surface area contributed by atoms with E-state index in [4.69, 9.17) is 0 Å². The smallest absolute Gasteiger partial charge is 0.256 e. The highest BCUT2D eigenvalue weighted by molar-refractivity contribution is 14.1. The maximum Gasteiger partial charge on any atom is 0.256 e. The molecule has 2 aromatic rings. The van der Waals surface area contributed by atoms with Crippen LogP contribution >= 0.6 is 38.5 Å². The van der Waals surface area contributed by atoms with Crippen LogP contribution in [0.2, 0.25) is 0 Å². The fourth-order valence-corrected chi connectivity index (χ4v) is 2.95. The van der Waals surface area contributed by atoms with Crippen LogP contribution in [0.1, 0.15) is 22.3 Å². The minimum absolute atomic E-state index is 0.225. The Kier molecular flexibility index (Phi) is 6.17. The minimum atomic E-state index is -0.340. The van der Waals surface area contributed by atoms with Crippen LogP contribution in [0.25, 0.3) is 0 Å². The molecular weight excluding hydrogens is 448 g/mol. The zero-order chi connectivity index (χ0) is 15.2. The molecule has 0 bridgehead atoms. The van der Waals surface area contributed by atoms with E-state index in [9.17, 15) is 9.18 Å². The summed E-state index contributed by atoms with van der Waals surface area (Å²) in [6.45, 7) is 0. The van der Waals surface area contributed by atoms with Gasteiger partial charge in [0.15, 0.2) is 0 Å². The van der Waals surface area contributed by atoms with Crippen molar-refractivity contribution in [2.45, 2.75) is 12.8 Å². The first kappa shape index (κ1) is 16.4. The van der Waals surface area contributed by atoms with Crippen LogP contribution < -0.4 is 5.32 Å². The van der Waals surface area contributed by atoms with Crippen LogP contribution in [0.4, 0.5) is 10.1 Å². The molecule has 1 amide bonds. The van der Waals surface area contributed by atoms with Crippen LogP contribution in [-0.4, -0.2) is 11.2 Å². The predicted octanol–water partition coefficient (Wildman–Crippen LogP) is 5.01. The highest BCUT2D eigenvalue weighted by atomic mass is 127. The molecule has 0 atom stereocenters. The molecule has 0 aliphatic heterocycles. The quantitative estimate of drug-likeness (QED) is 0.492. The van der Waals surface area contributed by atoms with Crippen LogP contribution in [-0.2, 0) is 6.42 Å². The van der Waals surface area contributed by atoms with Gasteiger partial charge in [-0.05, 0) is 71.3 Å². The Balaban J connectivity index is 2.12. The molecule has 0 spiro atoms. The minimum Gasteiger partial charge on any atom is -0.322 e. The van der Waals surface area contributed by atoms with Gasteiger partial charge in [-0.3, -0.25) is 4.79 Å². The van der Waals surface area contributed by atoms with Crippen molar-refractivity contribution in [2.75, 3.05) is 10.6 Å². The zero-order valence-electron chi connectivity index (χ0n) is 11.2. The van der Waals surface area contributed by atoms with Crippen molar-refractivity contribution in [3.05, 3.63) is 63.0 Å². The average molecular weight is 462 g/mol. The van der Waals surface area contributed by atoms with Crippen molar-refractivity contribution in [1.29, 1.82) is 0 Å². The van der Waals surface area contributed by atoms with Crippen LogP contribution in [0, 0.1) is 9.39 Å². The maximum atomic E-state index is 13.1. The topological polar surface area (TPSA) is 29.1 Å². The van der Waals surface area contributed by atoms with Crippen molar-refractivity contribution in [3.8, 4) is 0 Å². The number of aryl methyl sites for hydroxylation is 1. The van der Waals surface area contributed by atoms with Gasteiger partial charge in [0, 0.05) is 14.6 Å². The van der Waals surface area contributed by atoms with Crippen molar-refractivity contribution in [2.24, 2.45) is 0 Å². The largest absolute Gasteiger partial charge is 0.322 e. The first-order valence-corrected chi connectivity index (χ1v) is 8.71. The summed E-state index contributed by atoms with van der Waals surface area (Å²) in [5, 5.41) is 3.81. The molecule has 0 saturated heterocycles. The first-order chi connectivity index (χ1) is 10.1. The molecule has 2 aromatic carbocycles. The van der Waals surface area contributed by atoms with Gasteiger partial charge in [-0.1, -0.05) is 28.1 Å². The summed E-state index contributed by atoms with van der Waals surface area (Å²) < 4.78 is 13.7. The number of nitrogens with one attached hydrogen (secondary N) is 1. The summed E-state index contributed by atoms with van der Waals surface area (Å²) in [5.41, 5.74) is 2.41. The lowest BCUT2D eigenvalue weighted by atomic mass is 10.1. The number of benzene rings is 2. The van der Waals surface area contributed by atoms with Gasteiger partial charge in [-0.15, -0.1) is 0 Å². The lowest BCUT2D eigenvalue weighted by molar-refractivity contribution is 0.102. The Morgan fingerprint density at radius 2 is 2.05 bits per heavy atom. The fraction of sp³-hybridized carbons (Fsp3) is 0.188. The van der Waals surface area contributed by atoms with E-state index in [1.807, 2.05) is 46.9 Å². The van der Waals surface area contributed by atoms with Gasteiger partial charge >= 0.3 is 0 Å². The van der Waals surface area contributed by atoms with E-state index in [1.54, 1.807) is 0 Å².